The minimum Gasteiger partial charge on any atom is -0.485 e. The number of hydrogen-bond donors (Lipinski definition) is 0. The number of carbonyl (C=O) groups is 1. The van der Waals surface area contributed by atoms with Crippen molar-refractivity contribution < 1.29 is 32.2 Å². The Kier molecular flexibility index (Phi) is 8.24. The van der Waals surface area contributed by atoms with E-state index in [1.54, 1.807) is 29.8 Å². The average Bonchev–Trinajstić information content (AvgIpc) is 3.31. The van der Waals surface area contributed by atoms with Gasteiger partial charge >= 0.3 is 12.6 Å². The molecule has 0 bridgehead atoms. The van der Waals surface area contributed by atoms with Crippen molar-refractivity contribution in [3.05, 3.63) is 87.4 Å². The fourth-order valence-corrected chi connectivity index (χ4v) is 6.36. The van der Waals surface area contributed by atoms with Gasteiger partial charge in [0.1, 0.15) is 29.0 Å². The molecule has 6 rings (SSSR count). The van der Waals surface area contributed by atoms with E-state index in [0.717, 1.165) is 49.2 Å². The maximum absolute atomic E-state index is 14.7. The van der Waals surface area contributed by atoms with Crippen LogP contribution < -0.4 is 9.47 Å². The number of esters is 1. The number of fused-ring (bicyclic) bond motifs is 2. The van der Waals surface area contributed by atoms with Crippen LogP contribution in [0.4, 0.5) is 13.2 Å². The molecule has 3 heterocycles. The Morgan fingerprint density at radius 1 is 1.12 bits per heavy atom. The summed E-state index contributed by atoms with van der Waals surface area (Å²) in [5.41, 5.74) is 3.67. The molecule has 1 aromatic heterocycles. The lowest BCUT2D eigenvalue weighted by Crippen LogP contribution is -2.33. The number of likely N-dealkylation sites (tertiary alicyclic amines) is 1. The highest BCUT2D eigenvalue weighted by atomic mass is 35.5. The van der Waals surface area contributed by atoms with E-state index in [0.29, 0.717) is 34.9 Å². The van der Waals surface area contributed by atoms with Crippen molar-refractivity contribution in [2.45, 2.75) is 50.9 Å². The summed E-state index contributed by atoms with van der Waals surface area (Å²) in [6, 6.07) is 13.8. The van der Waals surface area contributed by atoms with E-state index >= 15 is 0 Å². The number of para-hydroxylation sites is 1. The molecule has 0 aliphatic carbocycles. The van der Waals surface area contributed by atoms with Crippen LogP contribution in [0.3, 0.4) is 0 Å². The van der Waals surface area contributed by atoms with Gasteiger partial charge in [0, 0.05) is 17.6 Å². The summed E-state index contributed by atoms with van der Waals surface area (Å²) in [4.78, 5) is 19.0. The molecule has 0 saturated carbocycles. The lowest BCUT2D eigenvalue weighted by Gasteiger charge is -2.35. The first kappa shape index (κ1) is 29.3. The van der Waals surface area contributed by atoms with E-state index in [-0.39, 0.29) is 34.7 Å². The Morgan fingerprint density at radius 2 is 1.91 bits per heavy atom. The van der Waals surface area contributed by atoms with Crippen molar-refractivity contribution in [2.75, 3.05) is 20.2 Å². The van der Waals surface area contributed by atoms with Gasteiger partial charge in [-0.1, -0.05) is 35.9 Å². The first-order valence-corrected chi connectivity index (χ1v) is 14.6. The van der Waals surface area contributed by atoms with Crippen molar-refractivity contribution in [2.24, 2.45) is 7.05 Å². The summed E-state index contributed by atoms with van der Waals surface area (Å²) in [7, 11) is 3.02. The predicted molar refractivity (Wildman–Crippen MR) is 155 cm³/mol. The van der Waals surface area contributed by atoms with E-state index < -0.39 is 12.6 Å². The summed E-state index contributed by atoms with van der Waals surface area (Å²) in [5.74, 6) is 0.622. The number of carbonyl (C=O) groups excluding carboxylic acids is 1. The summed E-state index contributed by atoms with van der Waals surface area (Å²) in [5, 5.41) is 0.358. The normalized spacial score (nSPS) is 17.6. The topological polar surface area (TPSA) is 65.8 Å². The molecule has 3 aromatic carbocycles. The van der Waals surface area contributed by atoms with Crippen LogP contribution in [0.25, 0.3) is 11.0 Å². The third-order valence-electron chi connectivity index (χ3n) is 8.45. The number of halogens is 4. The van der Waals surface area contributed by atoms with Gasteiger partial charge in [0.15, 0.2) is 5.75 Å². The molecule has 11 heteroatoms. The first-order valence-electron chi connectivity index (χ1n) is 14.2. The third-order valence-corrected chi connectivity index (χ3v) is 8.68. The highest BCUT2D eigenvalue weighted by Gasteiger charge is 2.30. The quantitative estimate of drug-likeness (QED) is 0.205. The molecule has 1 atom stereocenters. The van der Waals surface area contributed by atoms with Gasteiger partial charge in [-0.15, -0.1) is 0 Å². The fourth-order valence-electron chi connectivity index (χ4n) is 6.21. The SMILES string of the molecule is COC(=O)c1cc(OC(F)F)c2nc(CN3CCC(c4cccc5c4O[C@@H](c4ccc(Cl)cc4F)CC5)CC3)n(C)c2c1. The van der Waals surface area contributed by atoms with Gasteiger partial charge in [0.2, 0.25) is 0 Å². The highest BCUT2D eigenvalue weighted by Crippen LogP contribution is 2.43. The monoisotopic (exact) mass is 613 g/mol. The number of piperidine rings is 1. The molecule has 2 aliphatic rings. The number of ether oxygens (including phenoxy) is 3. The van der Waals surface area contributed by atoms with Crippen molar-refractivity contribution in [3.63, 3.8) is 0 Å². The Bertz CT molecular complexity index is 1670. The molecule has 2 aliphatic heterocycles. The largest absolute Gasteiger partial charge is 0.485 e. The number of imidazole rings is 1. The van der Waals surface area contributed by atoms with Crippen molar-refractivity contribution in [1.29, 1.82) is 0 Å². The van der Waals surface area contributed by atoms with E-state index in [4.69, 9.17) is 25.8 Å². The van der Waals surface area contributed by atoms with Crippen LogP contribution in [-0.4, -0.2) is 47.2 Å². The summed E-state index contributed by atoms with van der Waals surface area (Å²) >= 11 is 5.96. The Morgan fingerprint density at radius 3 is 2.63 bits per heavy atom. The number of hydrogen-bond acceptors (Lipinski definition) is 6. The number of nitrogens with zero attached hydrogens (tertiary/aromatic N) is 3. The average molecular weight is 614 g/mol. The highest BCUT2D eigenvalue weighted by molar-refractivity contribution is 6.30. The van der Waals surface area contributed by atoms with Crippen LogP contribution in [0, 0.1) is 5.82 Å². The Labute approximate surface area is 252 Å². The minimum atomic E-state index is -3.06. The van der Waals surface area contributed by atoms with E-state index in [2.05, 4.69) is 28.1 Å². The second-order valence-corrected chi connectivity index (χ2v) is 11.4. The van der Waals surface area contributed by atoms with Crippen molar-refractivity contribution in [1.82, 2.24) is 14.5 Å². The molecule has 4 aromatic rings. The van der Waals surface area contributed by atoms with Gasteiger partial charge in [-0.3, -0.25) is 4.90 Å². The maximum Gasteiger partial charge on any atom is 0.387 e. The van der Waals surface area contributed by atoms with Crippen LogP contribution >= 0.6 is 11.6 Å². The first-order chi connectivity index (χ1) is 20.7. The Hall–Kier alpha value is -3.76. The fraction of sp³-hybridized carbons (Fsp3) is 0.375. The van der Waals surface area contributed by atoms with Crippen LogP contribution in [0.15, 0.2) is 48.5 Å². The molecular weight excluding hydrogens is 583 g/mol. The molecule has 0 radical (unpaired) electrons. The third kappa shape index (κ3) is 5.90. The lowest BCUT2D eigenvalue weighted by atomic mass is 9.85. The lowest BCUT2D eigenvalue weighted by molar-refractivity contribution is -0.0489. The van der Waals surface area contributed by atoms with E-state index in [1.807, 2.05) is 0 Å². The second-order valence-electron chi connectivity index (χ2n) is 11.0. The van der Waals surface area contributed by atoms with Crippen molar-refractivity contribution in [3.8, 4) is 11.5 Å². The van der Waals surface area contributed by atoms with Crippen LogP contribution in [0.5, 0.6) is 11.5 Å². The van der Waals surface area contributed by atoms with Gasteiger partial charge in [-0.25, -0.2) is 14.2 Å². The predicted octanol–water partition coefficient (Wildman–Crippen LogP) is 7.20. The molecule has 7 nitrogen and oxygen atoms in total. The number of aromatic nitrogens is 2. The number of rotatable bonds is 7. The van der Waals surface area contributed by atoms with Gasteiger partial charge < -0.3 is 18.8 Å². The van der Waals surface area contributed by atoms with Gasteiger partial charge in [0.25, 0.3) is 0 Å². The number of benzene rings is 3. The maximum atomic E-state index is 14.7. The van der Waals surface area contributed by atoms with Gasteiger partial charge in [-0.05, 0) is 80.1 Å². The molecule has 0 N–H and O–H groups in total. The summed E-state index contributed by atoms with van der Waals surface area (Å²) in [6.07, 6.45) is 2.89. The zero-order valence-electron chi connectivity index (χ0n) is 23.8. The summed E-state index contributed by atoms with van der Waals surface area (Å²) < 4.78 is 58.7. The van der Waals surface area contributed by atoms with E-state index in [1.165, 1.54) is 19.2 Å². The molecule has 0 unspecified atom stereocenters. The summed E-state index contributed by atoms with van der Waals surface area (Å²) in [6.45, 7) is -0.976. The number of alkyl halides is 2. The second kappa shape index (κ2) is 12.1. The van der Waals surface area contributed by atoms with Crippen LogP contribution in [0.2, 0.25) is 5.02 Å². The van der Waals surface area contributed by atoms with E-state index in [9.17, 15) is 18.0 Å². The van der Waals surface area contributed by atoms with Gasteiger partial charge in [0.05, 0.1) is 24.7 Å². The zero-order chi connectivity index (χ0) is 30.2. The molecule has 226 valence electrons. The van der Waals surface area contributed by atoms with Gasteiger partial charge in [-0.2, -0.15) is 8.78 Å². The molecule has 1 fully saturated rings. The zero-order valence-corrected chi connectivity index (χ0v) is 24.5. The molecule has 0 amide bonds. The molecule has 43 heavy (non-hydrogen) atoms. The van der Waals surface area contributed by atoms with Crippen molar-refractivity contribution >= 4 is 28.6 Å². The molecule has 0 spiro atoms. The number of methoxy groups -OCH3 is 1. The molecular formula is C32H31ClF3N3O4. The molecule has 1 saturated heterocycles. The minimum absolute atomic E-state index is 0.107. The number of aryl methyl sites for hydroxylation is 2. The standard InChI is InChI=1S/C32H31ClF3N3O4/c1-38-25-14-20(31(40)41-2)15-27(43-32(35)36)29(25)37-28(38)17-39-12-10-18(11-13-39)22-5-3-4-19-6-9-26(42-30(19)22)23-8-7-21(33)16-24(23)34/h3-5,7-8,14-16,18,26,32H,6,9-13,17H2,1-2H3/t26-/m1/s1. The van der Waals surface area contributed by atoms with Crippen LogP contribution in [0.1, 0.15) is 64.2 Å². The van der Waals surface area contributed by atoms with Crippen LogP contribution in [-0.2, 0) is 24.8 Å². The Balaban J connectivity index is 1.18. The smallest absolute Gasteiger partial charge is 0.387 e.